The minimum atomic E-state index is -0.949. The summed E-state index contributed by atoms with van der Waals surface area (Å²) in [6.45, 7) is 3.37. The van der Waals surface area contributed by atoms with Gasteiger partial charge in [0.25, 0.3) is 5.91 Å². The molecule has 104 valence electrons. The first-order valence-electron chi connectivity index (χ1n) is 6.10. The van der Waals surface area contributed by atoms with E-state index < -0.39 is 18.0 Å². The van der Waals surface area contributed by atoms with Crippen molar-refractivity contribution in [1.29, 1.82) is 0 Å². The van der Waals surface area contributed by atoms with Gasteiger partial charge in [-0.1, -0.05) is 0 Å². The zero-order valence-corrected chi connectivity index (χ0v) is 11.2. The molecule has 0 saturated carbocycles. The van der Waals surface area contributed by atoms with E-state index in [1.54, 1.807) is 35.1 Å². The van der Waals surface area contributed by atoms with E-state index in [1.807, 2.05) is 13.0 Å². The quantitative estimate of drug-likeness (QED) is 0.848. The Kier molecular flexibility index (Phi) is 3.84. The van der Waals surface area contributed by atoms with Crippen LogP contribution >= 0.6 is 0 Å². The Balaban J connectivity index is 2.14. The van der Waals surface area contributed by atoms with Crippen LogP contribution in [0.5, 0.6) is 0 Å². The van der Waals surface area contributed by atoms with Crippen molar-refractivity contribution in [1.82, 2.24) is 9.78 Å². The molecule has 1 atom stereocenters. The number of aromatic nitrogens is 2. The topological polar surface area (TPSA) is 87.2 Å². The molecule has 2 N–H and O–H groups in total. The highest BCUT2D eigenvalue weighted by atomic mass is 16.5. The number of benzene rings is 1. The van der Waals surface area contributed by atoms with Gasteiger partial charge in [-0.2, -0.15) is 5.10 Å². The average Bonchev–Trinajstić information content (AvgIpc) is 2.85. The molecule has 0 bridgehead atoms. The number of amides is 1. The van der Waals surface area contributed by atoms with Crippen LogP contribution in [0, 0.1) is 6.92 Å². The predicted molar refractivity (Wildman–Crippen MR) is 72.4 cm³/mol. The highest BCUT2D eigenvalue weighted by Gasteiger charge is 2.16. The number of primary amides is 1. The molecule has 20 heavy (non-hydrogen) atoms. The van der Waals surface area contributed by atoms with Gasteiger partial charge in [0.2, 0.25) is 0 Å². The van der Waals surface area contributed by atoms with Crippen LogP contribution in [0.3, 0.4) is 0 Å². The summed E-state index contributed by atoms with van der Waals surface area (Å²) in [6, 6.07) is 8.63. The van der Waals surface area contributed by atoms with E-state index in [-0.39, 0.29) is 0 Å². The molecule has 0 fully saturated rings. The zero-order valence-electron chi connectivity index (χ0n) is 11.2. The number of hydrogen-bond donors (Lipinski definition) is 1. The third-order valence-electron chi connectivity index (χ3n) is 2.86. The van der Waals surface area contributed by atoms with Gasteiger partial charge in [-0.15, -0.1) is 0 Å². The highest BCUT2D eigenvalue weighted by Crippen LogP contribution is 2.12. The summed E-state index contributed by atoms with van der Waals surface area (Å²) >= 11 is 0. The lowest BCUT2D eigenvalue weighted by Gasteiger charge is -2.10. The van der Waals surface area contributed by atoms with Gasteiger partial charge in [-0.05, 0) is 44.2 Å². The Morgan fingerprint density at radius 1 is 1.25 bits per heavy atom. The van der Waals surface area contributed by atoms with E-state index in [0.29, 0.717) is 5.56 Å². The van der Waals surface area contributed by atoms with E-state index in [1.165, 1.54) is 6.92 Å². The minimum absolute atomic E-state index is 0.353. The summed E-state index contributed by atoms with van der Waals surface area (Å²) in [7, 11) is 0. The number of carbonyl (C=O) groups excluding carboxylic acids is 2. The van der Waals surface area contributed by atoms with Crippen molar-refractivity contribution in [2.45, 2.75) is 20.0 Å². The van der Waals surface area contributed by atoms with Gasteiger partial charge in [-0.3, -0.25) is 4.79 Å². The standard InChI is InChI=1S/C14H15N3O3/c1-9-7-8-16-17(9)12-5-3-11(4-6-12)14(19)20-10(2)13(15)18/h3-8,10H,1-2H3,(H2,15,18)/t10-/m0/s1. The van der Waals surface area contributed by atoms with Crippen LogP contribution in [-0.2, 0) is 9.53 Å². The number of rotatable bonds is 4. The Bertz CT molecular complexity index is 631. The van der Waals surface area contributed by atoms with E-state index in [4.69, 9.17) is 10.5 Å². The molecule has 2 aromatic rings. The lowest BCUT2D eigenvalue weighted by Crippen LogP contribution is -2.30. The second kappa shape index (κ2) is 5.56. The summed E-state index contributed by atoms with van der Waals surface area (Å²) in [5.74, 6) is -1.26. The van der Waals surface area contributed by atoms with Gasteiger partial charge in [0.1, 0.15) is 0 Å². The number of esters is 1. The molecule has 1 amide bonds. The normalized spacial score (nSPS) is 11.9. The molecule has 1 aromatic carbocycles. The zero-order chi connectivity index (χ0) is 14.7. The number of carbonyl (C=O) groups is 2. The second-order valence-electron chi connectivity index (χ2n) is 4.38. The molecular formula is C14H15N3O3. The predicted octanol–water partition coefficient (Wildman–Crippen LogP) is 1.21. The van der Waals surface area contributed by atoms with Gasteiger partial charge in [0, 0.05) is 11.9 Å². The first kappa shape index (κ1) is 13.8. The number of hydrogen-bond acceptors (Lipinski definition) is 4. The van der Waals surface area contributed by atoms with E-state index in [9.17, 15) is 9.59 Å². The minimum Gasteiger partial charge on any atom is -0.449 e. The maximum atomic E-state index is 11.8. The van der Waals surface area contributed by atoms with Crippen LogP contribution in [0.25, 0.3) is 5.69 Å². The maximum Gasteiger partial charge on any atom is 0.338 e. The van der Waals surface area contributed by atoms with Crippen LogP contribution in [-0.4, -0.2) is 27.8 Å². The molecule has 6 heteroatoms. The monoisotopic (exact) mass is 273 g/mol. The van der Waals surface area contributed by atoms with Gasteiger partial charge in [0.15, 0.2) is 6.10 Å². The SMILES string of the molecule is Cc1ccnn1-c1ccc(C(=O)O[C@@H](C)C(N)=O)cc1. The third-order valence-corrected chi connectivity index (χ3v) is 2.86. The number of aryl methyl sites for hydroxylation is 1. The third kappa shape index (κ3) is 2.85. The molecule has 2 rings (SSSR count). The fourth-order valence-corrected chi connectivity index (χ4v) is 1.67. The van der Waals surface area contributed by atoms with Gasteiger partial charge in [-0.25, -0.2) is 9.48 Å². The summed E-state index contributed by atoms with van der Waals surface area (Å²) in [4.78, 5) is 22.6. The molecule has 0 aliphatic rings. The Hall–Kier alpha value is -2.63. The Morgan fingerprint density at radius 2 is 1.90 bits per heavy atom. The van der Waals surface area contributed by atoms with E-state index in [2.05, 4.69) is 5.10 Å². The van der Waals surface area contributed by atoms with Crippen molar-refractivity contribution >= 4 is 11.9 Å². The van der Waals surface area contributed by atoms with Crippen molar-refractivity contribution in [3.8, 4) is 5.69 Å². The smallest absolute Gasteiger partial charge is 0.338 e. The molecule has 1 heterocycles. The molecule has 0 aliphatic heterocycles. The molecule has 6 nitrogen and oxygen atoms in total. The number of ether oxygens (including phenoxy) is 1. The maximum absolute atomic E-state index is 11.8. The van der Waals surface area contributed by atoms with Crippen LogP contribution in [0.4, 0.5) is 0 Å². The highest BCUT2D eigenvalue weighted by molar-refractivity contribution is 5.92. The molecule has 0 aliphatic carbocycles. The van der Waals surface area contributed by atoms with E-state index in [0.717, 1.165) is 11.4 Å². The van der Waals surface area contributed by atoms with Crippen molar-refractivity contribution < 1.29 is 14.3 Å². The molecule has 0 spiro atoms. The number of nitrogens with zero attached hydrogens (tertiary/aromatic N) is 2. The van der Waals surface area contributed by atoms with Gasteiger partial charge >= 0.3 is 5.97 Å². The largest absolute Gasteiger partial charge is 0.449 e. The molecule has 0 radical (unpaired) electrons. The van der Waals surface area contributed by atoms with Crippen molar-refractivity contribution in [3.05, 3.63) is 47.8 Å². The molecular weight excluding hydrogens is 258 g/mol. The lowest BCUT2D eigenvalue weighted by atomic mass is 10.2. The van der Waals surface area contributed by atoms with Crippen molar-refractivity contribution in [3.63, 3.8) is 0 Å². The Labute approximate surface area is 116 Å². The van der Waals surface area contributed by atoms with Crippen LogP contribution in [0.1, 0.15) is 23.0 Å². The second-order valence-corrected chi connectivity index (χ2v) is 4.38. The fraction of sp³-hybridized carbons (Fsp3) is 0.214. The fourth-order valence-electron chi connectivity index (χ4n) is 1.67. The lowest BCUT2D eigenvalue weighted by molar-refractivity contribution is -0.125. The van der Waals surface area contributed by atoms with Crippen molar-refractivity contribution in [2.75, 3.05) is 0 Å². The van der Waals surface area contributed by atoms with Crippen LogP contribution in [0.2, 0.25) is 0 Å². The first-order chi connectivity index (χ1) is 9.49. The number of nitrogens with two attached hydrogens (primary N) is 1. The summed E-state index contributed by atoms with van der Waals surface area (Å²) in [5, 5.41) is 4.17. The molecule has 0 saturated heterocycles. The van der Waals surface area contributed by atoms with Crippen molar-refractivity contribution in [2.24, 2.45) is 5.73 Å². The summed E-state index contributed by atoms with van der Waals surface area (Å²) in [6.07, 6.45) is 0.752. The molecule has 1 aromatic heterocycles. The van der Waals surface area contributed by atoms with Gasteiger partial charge in [0.05, 0.1) is 11.3 Å². The first-order valence-corrected chi connectivity index (χ1v) is 6.10. The summed E-state index contributed by atoms with van der Waals surface area (Å²) < 4.78 is 6.67. The summed E-state index contributed by atoms with van der Waals surface area (Å²) in [5.41, 5.74) is 7.22. The molecule has 0 unspecified atom stereocenters. The van der Waals surface area contributed by atoms with Gasteiger partial charge < -0.3 is 10.5 Å². The van der Waals surface area contributed by atoms with Crippen LogP contribution < -0.4 is 5.73 Å². The average molecular weight is 273 g/mol. The van der Waals surface area contributed by atoms with E-state index >= 15 is 0 Å². The van der Waals surface area contributed by atoms with Crippen LogP contribution in [0.15, 0.2) is 36.5 Å². The Morgan fingerprint density at radius 3 is 2.40 bits per heavy atom.